The van der Waals surface area contributed by atoms with E-state index < -0.39 is 11.9 Å². The van der Waals surface area contributed by atoms with E-state index in [1.807, 2.05) is 13.8 Å². The molecule has 0 aliphatic carbocycles. The highest BCUT2D eigenvalue weighted by atomic mass is 16.2. The van der Waals surface area contributed by atoms with Gasteiger partial charge >= 0.3 is 0 Å². The maximum Gasteiger partial charge on any atom is 0.246 e. The predicted octanol–water partition coefficient (Wildman–Crippen LogP) is 0.579. The van der Waals surface area contributed by atoms with Gasteiger partial charge in [0, 0.05) is 5.57 Å². The summed E-state index contributed by atoms with van der Waals surface area (Å²) in [6.07, 6.45) is 0.550. The van der Waals surface area contributed by atoms with Crippen LogP contribution in [-0.2, 0) is 9.59 Å². The van der Waals surface area contributed by atoms with Crippen molar-refractivity contribution < 1.29 is 9.59 Å². The molecule has 0 aliphatic rings. The molecule has 0 radical (unpaired) electrons. The summed E-state index contributed by atoms with van der Waals surface area (Å²) in [6, 6.07) is -0.598. The van der Waals surface area contributed by atoms with Crippen molar-refractivity contribution in [3.05, 3.63) is 12.2 Å². The number of carbonyl (C=O) groups is 2. The fraction of sp³-hybridized carbons (Fsp3) is 0.600. The molecule has 0 aliphatic heterocycles. The van der Waals surface area contributed by atoms with Crippen molar-refractivity contribution in [1.29, 1.82) is 0 Å². The smallest absolute Gasteiger partial charge is 0.246 e. The van der Waals surface area contributed by atoms with E-state index in [1.165, 1.54) is 0 Å². The van der Waals surface area contributed by atoms with Gasteiger partial charge in [-0.05, 0) is 19.3 Å². The second kappa shape index (κ2) is 5.42. The average molecular weight is 198 g/mol. The Morgan fingerprint density at radius 2 is 1.93 bits per heavy atom. The number of rotatable bonds is 5. The highest BCUT2D eigenvalue weighted by Gasteiger charge is 2.19. The summed E-state index contributed by atoms with van der Waals surface area (Å²) in [6.45, 7) is 8.99. The number of nitrogens with one attached hydrogen (secondary N) is 1. The van der Waals surface area contributed by atoms with Gasteiger partial charge in [-0.3, -0.25) is 9.59 Å². The Morgan fingerprint density at radius 3 is 2.21 bits per heavy atom. The molecule has 0 rings (SSSR count). The van der Waals surface area contributed by atoms with E-state index in [0.717, 1.165) is 0 Å². The molecule has 3 N–H and O–H groups in total. The first kappa shape index (κ1) is 12.7. The normalized spacial score (nSPS) is 12.3. The highest BCUT2D eigenvalue weighted by Crippen LogP contribution is 2.04. The van der Waals surface area contributed by atoms with E-state index in [-0.39, 0.29) is 5.91 Å². The third kappa shape index (κ3) is 4.64. The molecule has 0 heterocycles. The molecular formula is C10H18N2O2. The molecule has 80 valence electrons. The molecule has 0 aromatic heterocycles. The maximum atomic E-state index is 11.2. The Morgan fingerprint density at radius 1 is 1.43 bits per heavy atom. The zero-order valence-corrected chi connectivity index (χ0v) is 8.96. The van der Waals surface area contributed by atoms with Crippen molar-refractivity contribution >= 4 is 11.8 Å². The van der Waals surface area contributed by atoms with Crippen LogP contribution in [0.25, 0.3) is 0 Å². The molecule has 0 spiro atoms. The molecule has 0 aromatic carbocycles. The summed E-state index contributed by atoms with van der Waals surface area (Å²) in [5.41, 5.74) is 5.53. The summed E-state index contributed by atoms with van der Waals surface area (Å²) < 4.78 is 0. The van der Waals surface area contributed by atoms with Crippen LogP contribution in [0.2, 0.25) is 0 Å². The van der Waals surface area contributed by atoms with Crippen molar-refractivity contribution in [3.8, 4) is 0 Å². The first-order valence-corrected chi connectivity index (χ1v) is 4.60. The van der Waals surface area contributed by atoms with Crippen molar-refractivity contribution in [2.75, 3.05) is 0 Å². The molecule has 14 heavy (non-hydrogen) atoms. The van der Waals surface area contributed by atoms with E-state index in [9.17, 15) is 9.59 Å². The minimum atomic E-state index is -0.598. The molecule has 4 heteroatoms. The average Bonchev–Trinajstić information content (AvgIpc) is 2.01. The van der Waals surface area contributed by atoms with Gasteiger partial charge in [0.15, 0.2) is 0 Å². The summed E-state index contributed by atoms with van der Waals surface area (Å²) in [7, 11) is 0. The minimum absolute atomic E-state index is 0.304. The zero-order chi connectivity index (χ0) is 11.3. The number of hydrogen-bond donors (Lipinski definition) is 2. The van der Waals surface area contributed by atoms with E-state index in [1.54, 1.807) is 6.92 Å². The third-order valence-corrected chi connectivity index (χ3v) is 1.74. The first-order chi connectivity index (χ1) is 6.34. The van der Waals surface area contributed by atoms with Gasteiger partial charge < -0.3 is 11.1 Å². The molecule has 2 amide bonds. The zero-order valence-electron chi connectivity index (χ0n) is 8.96. The Labute approximate surface area is 84.5 Å². The van der Waals surface area contributed by atoms with Gasteiger partial charge in [-0.1, -0.05) is 20.4 Å². The van der Waals surface area contributed by atoms with Crippen molar-refractivity contribution in [2.45, 2.75) is 33.2 Å². The Kier molecular flexibility index (Phi) is 4.91. The van der Waals surface area contributed by atoms with Crippen molar-refractivity contribution in [1.82, 2.24) is 5.32 Å². The quantitative estimate of drug-likeness (QED) is 0.634. The van der Waals surface area contributed by atoms with E-state index in [4.69, 9.17) is 5.73 Å². The topological polar surface area (TPSA) is 72.2 Å². The Hall–Kier alpha value is -1.32. The van der Waals surface area contributed by atoms with Crippen molar-refractivity contribution in [3.63, 3.8) is 0 Å². The number of primary amides is 1. The molecule has 0 fully saturated rings. The fourth-order valence-electron chi connectivity index (χ4n) is 0.999. The standard InChI is InChI=1S/C10H18N2O2/c1-6(2)5-8(9(11)13)12-10(14)7(3)4/h6,8H,3,5H2,1-2,4H3,(H2,11,13)(H,12,14)/t8-/m1/s1. The summed E-state index contributed by atoms with van der Waals surface area (Å²) >= 11 is 0. The maximum absolute atomic E-state index is 11.2. The van der Waals surface area contributed by atoms with Crippen molar-refractivity contribution in [2.24, 2.45) is 11.7 Å². The van der Waals surface area contributed by atoms with E-state index in [2.05, 4.69) is 11.9 Å². The van der Waals surface area contributed by atoms with Crippen LogP contribution in [0.1, 0.15) is 27.2 Å². The van der Waals surface area contributed by atoms with Gasteiger partial charge in [0.1, 0.15) is 6.04 Å². The summed E-state index contributed by atoms with van der Waals surface area (Å²) in [5, 5.41) is 2.53. The van der Waals surface area contributed by atoms with Gasteiger partial charge in [-0.25, -0.2) is 0 Å². The predicted molar refractivity (Wildman–Crippen MR) is 55.4 cm³/mol. The van der Waals surface area contributed by atoms with Crippen LogP contribution in [-0.4, -0.2) is 17.9 Å². The fourth-order valence-corrected chi connectivity index (χ4v) is 0.999. The number of hydrogen-bond acceptors (Lipinski definition) is 2. The van der Waals surface area contributed by atoms with Crippen LogP contribution in [0.15, 0.2) is 12.2 Å². The molecule has 0 saturated heterocycles. The van der Waals surface area contributed by atoms with Gasteiger partial charge in [0.2, 0.25) is 11.8 Å². The van der Waals surface area contributed by atoms with Gasteiger partial charge in [0.25, 0.3) is 0 Å². The lowest BCUT2D eigenvalue weighted by atomic mass is 10.0. The first-order valence-electron chi connectivity index (χ1n) is 4.60. The second-order valence-electron chi connectivity index (χ2n) is 3.84. The summed E-state index contributed by atoms with van der Waals surface area (Å²) in [5.74, 6) is -0.527. The largest absolute Gasteiger partial charge is 0.368 e. The Balaban J connectivity index is 4.31. The SMILES string of the molecule is C=C(C)C(=O)N[C@H](CC(C)C)C(N)=O. The number of nitrogens with two attached hydrogens (primary N) is 1. The number of carbonyl (C=O) groups excluding carboxylic acids is 2. The lowest BCUT2D eigenvalue weighted by Crippen LogP contribution is -2.45. The molecule has 4 nitrogen and oxygen atoms in total. The monoisotopic (exact) mass is 198 g/mol. The van der Waals surface area contributed by atoms with Crippen LogP contribution in [0, 0.1) is 5.92 Å². The van der Waals surface area contributed by atoms with Crippen LogP contribution in [0.3, 0.4) is 0 Å². The third-order valence-electron chi connectivity index (χ3n) is 1.74. The minimum Gasteiger partial charge on any atom is -0.368 e. The number of amides is 2. The van der Waals surface area contributed by atoms with E-state index >= 15 is 0 Å². The lowest BCUT2D eigenvalue weighted by molar-refractivity contribution is -0.125. The van der Waals surface area contributed by atoms with Crippen LogP contribution in [0.4, 0.5) is 0 Å². The summed E-state index contributed by atoms with van der Waals surface area (Å²) in [4.78, 5) is 22.2. The van der Waals surface area contributed by atoms with Gasteiger partial charge in [-0.2, -0.15) is 0 Å². The van der Waals surface area contributed by atoms with Crippen LogP contribution >= 0.6 is 0 Å². The Bertz CT molecular complexity index is 247. The van der Waals surface area contributed by atoms with Gasteiger partial charge in [0.05, 0.1) is 0 Å². The molecule has 0 unspecified atom stereocenters. The molecule has 0 aromatic rings. The second-order valence-corrected chi connectivity index (χ2v) is 3.84. The van der Waals surface area contributed by atoms with E-state index in [0.29, 0.717) is 17.9 Å². The molecule has 0 saturated carbocycles. The molecule has 0 bridgehead atoms. The molecular weight excluding hydrogens is 180 g/mol. The van der Waals surface area contributed by atoms with Crippen LogP contribution < -0.4 is 11.1 Å². The highest BCUT2D eigenvalue weighted by molar-refractivity contribution is 5.95. The lowest BCUT2D eigenvalue weighted by Gasteiger charge is -2.17. The van der Waals surface area contributed by atoms with Gasteiger partial charge in [-0.15, -0.1) is 0 Å². The van der Waals surface area contributed by atoms with Crippen LogP contribution in [0.5, 0.6) is 0 Å². The molecule has 1 atom stereocenters.